The molecule has 0 bridgehead atoms. The van der Waals surface area contributed by atoms with E-state index in [0.29, 0.717) is 13.0 Å². The number of rotatable bonds is 9. The highest BCUT2D eigenvalue weighted by molar-refractivity contribution is 5.76. The van der Waals surface area contributed by atoms with Gasteiger partial charge in [-0.05, 0) is 58.1 Å². The minimum absolute atomic E-state index is 0.0983. The van der Waals surface area contributed by atoms with E-state index in [1.807, 2.05) is 38.1 Å². The molecule has 2 rings (SSSR count). The number of allylic oxidation sites excluding steroid dienone is 1. The Hall–Kier alpha value is -1.97. The van der Waals surface area contributed by atoms with Gasteiger partial charge in [0.1, 0.15) is 5.75 Å². The summed E-state index contributed by atoms with van der Waals surface area (Å²) in [5, 5.41) is 6.30. The number of ether oxygens (including phenoxy) is 1. The van der Waals surface area contributed by atoms with E-state index in [1.54, 1.807) is 0 Å². The third-order valence-electron chi connectivity index (χ3n) is 4.07. The number of anilines is 1. The Morgan fingerprint density at radius 3 is 2.79 bits per heavy atom. The van der Waals surface area contributed by atoms with Gasteiger partial charge in [-0.15, -0.1) is 0 Å². The van der Waals surface area contributed by atoms with Crippen LogP contribution in [0.2, 0.25) is 0 Å². The van der Waals surface area contributed by atoms with Crippen molar-refractivity contribution in [2.75, 3.05) is 18.4 Å². The second-order valence-corrected chi connectivity index (χ2v) is 6.55. The quantitative estimate of drug-likeness (QED) is 0.664. The number of carbonyl (C=O) groups is 1. The highest BCUT2D eigenvalue weighted by atomic mass is 16.5. The molecule has 4 nitrogen and oxygen atoms in total. The van der Waals surface area contributed by atoms with Gasteiger partial charge in [0.05, 0.1) is 11.8 Å². The van der Waals surface area contributed by atoms with Crippen LogP contribution in [0.25, 0.3) is 0 Å². The third kappa shape index (κ3) is 6.65. The van der Waals surface area contributed by atoms with Gasteiger partial charge >= 0.3 is 0 Å². The predicted octanol–water partition coefficient (Wildman–Crippen LogP) is 4.28. The van der Waals surface area contributed by atoms with Gasteiger partial charge in [0, 0.05) is 19.5 Å². The van der Waals surface area contributed by atoms with Gasteiger partial charge in [-0.25, -0.2) is 0 Å². The molecule has 24 heavy (non-hydrogen) atoms. The fraction of sp³-hybridized carbons (Fsp3) is 0.550. The van der Waals surface area contributed by atoms with Gasteiger partial charge in [-0.3, -0.25) is 4.79 Å². The first kappa shape index (κ1) is 18.4. The highest BCUT2D eigenvalue weighted by Gasteiger charge is 2.07. The molecule has 4 heteroatoms. The average molecular weight is 330 g/mol. The number of benzene rings is 1. The van der Waals surface area contributed by atoms with E-state index in [-0.39, 0.29) is 12.0 Å². The Labute approximate surface area is 145 Å². The topological polar surface area (TPSA) is 50.4 Å². The summed E-state index contributed by atoms with van der Waals surface area (Å²) in [5.41, 5.74) is 2.44. The molecule has 0 heterocycles. The summed E-state index contributed by atoms with van der Waals surface area (Å²) in [6.07, 6.45) is 8.92. The molecule has 1 aromatic carbocycles. The number of para-hydroxylation sites is 2. The fourth-order valence-electron chi connectivity index (χ4n) is 2.86. The number of carbonyl (C=O) groups excluding carboxylic acids is 1. The van der Waals surface area contributed by atoms with E-state index in [2.05, 4.69) is 16.7 Å². The Bertz CT molecular complexity index is 552. The summed E-state index contributed by atoms with van der Waals surface area (Å²) in [5.74, 6) is 0.929. The first-order valence-corrected chi connectivity index (χ1v) is 9.09. The zero-order chi connectivity index (χ0) is 17.2. The molecule has 1 aromatic rings. The Kier molecular flexibility index (Phi) is 7.66. The van der Waals surface area contributed by atoms with Crippen molar-refractivity contribution in [3.63, 3.8) is 0 Å². The Morgan fingerprint density at radius 1 is 1.21 bits per heavy atom. The molecule has 0 spiro atoms. The summed E-state index contributed by atoms with van der Waals surface area (Å²) in [6.45, 7) is 5.36. The molecule has 0 aliphatic heterocycles. The van der Waals surface area contributed by atoms with Gasteiger partial charge in [0.15, 0.2) is 0 Å². The lowest BCUT2D eigenvalue weighted by molar-refractivity contribution is -0.120. The van der Waals surface area contributed by atoms with Crippen LogP contribution in [0.1, 0.15) is 52.4 Å². The minimum atomic E-state index is 0.0983. The molecule has 0 atom stereocenters. The lowest BCUT2D eigenvalue weighted by Gasteiger charge is -2.15. The van der Waals surface area contributed by atoms with Crippen molar-refractivity contribution in [1.82, 2.24) is 5.32 Å². The van der Waals surface area contributed by atoms with Crippen LogP contribution in [0.5, 0.6) is 5.75 Å². The highest BCUT2D eigenvalue weighted by Crippen LogP contribution is 2.24. The van der Waals surface area contributed by atoms with Gasteiger partial charge < -0.3 is 15.4 Å². The standard InChI is InChI=1S/C20H30N2O2/c1-16(2)24-19-11-7-6-10-18(19)21-15-13-20(23)22-14-12-17-8-4-3-5-9-17/h6-8,10-11,16,21H,3-5,9,12-15H2,1-2H3,(H,22,23). The van der Waals surface area contributed by atoms with Crippen LogP contribution < -0.4 is 15.4 Å². The monoisotopic (exact) mass is 330 g/mol. The van der Waals surface area contributed by atoms with Crippen molar-refractivity contribution >= 4 is 11.6 Å². The number of hydrogen-bond acceptors (Lipinski definition) is 3. The summed E-state index contributed by atoms with van der Waals surface area (Å²) >= 11 is 0. The molecule has 0 saturated carbocycles. The second kappa shape index (κ2) is 10.0. The predicted molar refractivity (Wildman–Crippen MR) is 99.5 cm³/mol. The number of nitrogens with one attached hydrogen (secondary N) is 2. The largest absolute Gasteiger partial charge is 0.489 e. The van der Waals surface area contributed by atoms with Crippen molar-refractivity contribution < 1.29 is 9.53 Å². The van der Waals surface area contributed by atoms with Crippen molar-refractivity contribution in [1.29, 1.82) is 0 Å². The van der Waals surface area contributed by atoms with Gasteiger partial charge in [-0.2, -0.15) is 0 Å². The zero-order valence-corrected chi connectivity index (χ0v) is 14.9. The molecule has 0 fully saturated rings. The van der Waals surface area contributed by atoms with Crippen LogP contribution in [-0.4, -0.2) is 25.1 Å². The summed E-state index contributed by atoms with van der Waals surface area (Å²) in [4.78, 5) is 11.9. The molecular weight excluding hydrogens is 300 g/mol. The summed E-state index contributed by atoms with van der Waals surface area (Å²) in [7, 11) is 0. The zero-order valence-electron chi connectivity index (χ0n) is 14.9. The molecule has 0 saturated heterocycles. The smallest absolute Gasteiger partial charge is 0.221 e. The van der Waals surface area contributed by atoms with E-state index >= 15 is 0 Å². The van der Waals surface area contributed by atoms with E-state index in [4.69, 9.17) is 4.74 Å². The van der Waals surface area contributed by atoms with Crippen LogP contribution in [0.3, 0.4) is 0 Å². The van der Waals surface area contributed by atoms with Crippen LogP contribution in [-0.2, 0) is 4.79 Å². The maximum absolute atomic E-state index is 11.9. The van der Waals surface area contributed by atoms with Gasteiger partial charge in [0.2, 0.25) is 5.91 Å². The molecule has 1 amide bonds. The number of amides is 1. The van der Waals surface area contributed by atoms with E-state index < -0.39 is 0 Å². The van der Waals surface area contributed by atoms with Gasteiger partial charge in [0.25, 0.3) is 0 Å². The van der Waals surface area contributed by atoms with E-state index in [0.717, 1.165) is 24.4 Å². The lowest BCUT2D eigenvalue weighted by Crippen LogP contribution is -2.26. The van der Waals surface area contributed by atoms with Crippen LogP contribution >= 0.6 is 0 Å². The van der Waals surface area contributed by atoms with Crippen LogP contribution in [0.15, 0.2) is 35.9 Å². The molecule has 2 N–H and O–H groups in total. The lowest BCUT2D eigenvalue weighted by atomic mass is 9.97. The molecule has 0 unspecified atom stereocenters. The Morgan fingerprint density at radius 2 is 2.04 bits per heavy atom. The maximum Gasteiger partial charge on any atom is 0.221 e. The van der Waals surface area contributed by atoms with Gasteiger partial charge in [-0.1, -0.05) is 23.8 Å². The molecular formula is C20H30N2O2. The van der Waals surface area contributed by atoms with Crippen LogP contribution in [0.4, 0.5) is 5.69 Å². The fourth-order valence-corrected chi connectivity index (χ4v) is 2.86. The first-order chi connectivity index (χ1) is 11.6. The van der Waals surface area contributed by atoms with E-state index in [9.17, 15) is 4.79 Å². The molecule has 1 aliphatic rings. The average Bonchev–Trinajstić information content (AvgIpc) is 2.57. The first-order valence-electron chi connectivity index (χ1n) is 9.09. The van der Waals surface area contributed by atoms with Crippen molar-refractivity contribution in [3.8, 4) is 5.75 Å². The molecule has 0 aromatic heterocycles. The summed E-state index contributed by atoms with van der Waals surface area (Å²) in [6, 6.07) is 7.84. The van der Waals surface area contributed by atoms with E-state index in [1.165, 1.54) is 31.3 Å². The molecule has 0 radical (unpaired) electrons. The molecule has 1 aliphatic carbocycles. The Balaban J connectivity index is 1.66. The normalized spacial score (nSPS) is 14.2. The molecule has 132 valence electrons. The maximum atomic E-state index is 11.9. The minimum Gasteiger partial charge on any atom is -0.489 e. The van der Waals surface area contributed by atoms with Crippen molar-refractivity contribution in [3.05, 3.63) is 35.9 Å². The van der Waals surface area contributed by atoms with Crippen molar-refractivity contribution in [2.45, 2.75) is 58.5 Å². The number of hydrogen-bond donors (Lipinski definition) is 2. The third-order valence-corrected chi connectivity index (χ3v) is 4.07. The van der Waals surface area contributed by atoms with Crippen molar-refractivity contribution in [2.24, 2.45) is 0 Å². The van der Waals surface area contributed by atoms with Crippen LogP contribution in [0, 0.1) is 0 Å². The second-order valence-electron chi connectivity index (χ2n) is 6.55. The summed E-state index contributed by atoms with van der Waals surface area (Å²) < 4.78 is 5.77. The SMILES string of the molecule is CC(C)Oc1ccccc1NCCC(=O)NCCC1=CCCCC1.